The van der Waals surface area contributed by atoms with Crippen LogP contribution in [-0.4, -0.2) is 26.1 Å². The summed E-state index contributed by atoms with van der Waals surface area (Å²) < 4.78 is 1.65. The van der Waals surface area contributed by atoms with Crippen LogP contribution in [0.25, 0.3) is 0 Å². The Hall–Kier alpha value is -1.43. The molecule has 6 nitrogen and oxygen atoms in total. The van der Waals surface area contributed by atoms with Crippen LogP contribution in [0.15, 0.2) is 6.20 Å². The van der Waals surface area contributed by atoms with Crippen LogP contribution >= 0.6 is 0 Å². The second kappa shape index (κ2) is 4.19. The van der Waals surface area contributed by atoms with Crippen molar-refractivity contribution in [2.24, 2.45) is 5.73 Å². The number of nitrogens with zero attached hydrogens (tertiary/aromatic N) is 3. The van der Waals surface area contributed by atoms with Gasteiger partial charge >= 0.3 is 5.97 Å². The van der Waals surface area contributed by atoms with Gasteiger partial charge in [0.1, 0.15) is 0 Å². The number of hydrogen-bond acceptors (Lipinski definition) is 4. The molecule has 0 bridgehead atoms. The number of carbonyl (C=O) groups is 1. The van der Waals surface area contributed by atoms with Crippen molar-refractivity contribution >= 4 is 5.97 Å². The summed E-state index contributed by atoms with van der Waals surface area (Å²) in [6.07, 6.45) is 1.55. The molecule has 78 valence electrons. The van der Waals surface area contributed by atoms with Gasteiger partial charge in [0.15, 0.2) is 0 Å². The lowest BCUT2D eigenvalue weighted by Gasteiger charge is -2.04. The van der Waals surface area contributed by atoms with E-state index in [0.717, 1.165) is 0 Å². The third-order valence-corrected chi connectivity index (χ3v) is 1.83. The Labute approximate surface area is 81.7 Å². The number of nitrogens with two attached hydrogens (primary N) is 1. The van der Waals surface area contributed by atoms with Gasteiger partial charge in [0.05, 0.1) is 24.4 Å². The molecule has 0 aromatic carbocycles. The summed E-state index contributed by atoms with van der Waals surface area (Å²) in [5.74, 6) is -0.934. The van der Waals surface area contributed by atoms with Crippen LogP contribution in [0.2, 0.25) is 0 Å². The number of carboxylic acid groups (broad SMARTS) is 1. The standard InChI is InChI=1S/C8H14N4O2/c1-5(2)12-4-7(10-11-12)6(9)3-8(13)14/h4-6H,3,9H2,1-2H3,(H,13,14). The van der Waals surface area contributed by atoms with Gasteiger partial charge in [0.2, 0.25) is 0 Å². The summed E-state index contributed by atoms with van der Waals surface area (Å²) in [5, 5.41) is 16.2. The molecule has 1 atom stereocenters. The van der Waals surface area contributed by atoms with Crippen molar-refractivity contribution in [3.05, 3.63) is 11.9 Å². The first-order valence-electron chi connectivity index (χ1n) is 4.39. The second-order valence-corrected chi connectivity index (χ2v) is 3.42. The van der Waals surface area contributed by atoms with Crippen LogP contribution in [0.1, 0.15) is 38.0 Å². The molecule has 1 rings (SSSR count). The third kappa shape index (κ3) is 2.53. The van der Waals surface area contributed by atoms with Gasteiger partial charge in [-0.05, 0) is 13.8 Å². The monoisotopic (exact) mass is 198 g/mol. The molecule has 0 saturated carbocycles. The highest BCUT2D eigenvalue weighted by Gasteiger charge is 2.14. The van der Waals surface area contributed by atoms with E-state index in [1.165, 1.54) is 0 Å². The average molecular weight is 198 g/mol. The van der Waals surface area contributed by atoms with Gasteiger partial charge in [-0.15, -0.1) is 5.10 Å². The number of aromatic nitrogens is 3. The Balaban J connectivity index is 2.71. The first-order chi connectivity index (χ1) is 6.50. The largest absolute Gasteiger partial charge is 0.481 e. The molecule has 0 aliphatic heterocycles. The highest BCUT2D eigenvalue weighted by molar-refractivity contribution is 5.67. The lowest BCUT2D eigenvalue weighted by molar-refractivity contribution is -0.137. The predicted molar refractivity (Wildman–Crippen MR) is 49.6 cm³/mol. The van der Waals surface area contributed by atoms with Crippen molar-refractivity contribution in [3.63, 3.8) is 0 Å². The molecule has 1 aromatic rings. The maximum atomic E-state index is 10.4. The molecule has 0 aliphatic rings. The maximum Gasteiger partial charge on any atom is 0.305 e. The van der Waals surface area contributed by atoms with Gasteiger partial charge < -0.3 is 10.8 Å². The zero-order chi connectivity index (χ0) is 10.7. The lowest BCUT2D eigenvalue weighted by Crippen LogP contribution is -2.15. The SMILES string of the molecule is CC(C)n1cc(C(N)CC(=O)O)nn1. The molecule has 0 radical (unpaired) electrons. The molecule has 1 unspecified atom stereocenters. The Morgan fingerprint density at radius 2 is 2.36 bits per heavy atom. The normalized spacial score (nSPS) is 13.1. The average Bonchev–Trinajstić information content (AvgIpc) is 2.50. The van der Waals surface area contributed by atoms with Crippen molar-refractivity contribution in [2.75, 3.05) is 0 Å². The summed E-state index contributed by atoms with van der Waals surface area (Å²) >= 11 is 0. The van der Waals surface area contributed by atoms with Crippen LogP contribution in [-0.2, 0) is 4.79 Å². The molecule has 3 N–H and O–H groups in total. The summed E-state index contributed by atoms with van der Waals surface area (Å²) in [4.78, 5) is 10.4. The van der Waals surface area contributed by atoms with Crippen LogP contribution in [0.5, 0.6) is 0 Å². The first kappa shape index (κ1) is 10.6. The van der Waals surface area contributed by atoms with E-state index < -0.39 is 12.0 Å². The lowest BCUT2D eigenvalue weighted by atomic mass is 10.2. The maximum absolute atomic E-state index is 10.4. The first-order valence-corrected chi connectivity index (χ1v) is 4.39. The minimum absolute atomic E-state index is 0.128. The van der Waals surface area contributed by atoms with Gasteiger partial charge in [-0.2, -0.15) is 0 Å². The Morgan fingerprint density at radius 1 is 1.71 bits per heavy atom. The molecule has 14 heavy (non-hydrogen) atoms. The Kier molecular flexibility index (Phi) is 3.19. The van der Waals surface area contributed by atoms with Crippen molar-refractivity contribution in [1.82, 2.24) is 15.0 Å². The molecule has 0 amide bonds. The van der Waals surface area contributed by atoms with Gasteiger partial charge in [0, 0.05) is 6.04 Å². The van der Waals surface area contributed by atoms with Crippen LogP contribution < -0.4 is 5.73 Å². The molecular formula is C8H14N4O2. The van der Waals surface area contributed by atoms with E-state index in [2.05, 4.69) is 10.3 Å². The van der Waals surface area contributed by atoms with Crippen LogP contribution in [0.4, 0.5) is 0 Å². The smallest absolute Gasteiger partial charge is 0.305 e. The number of aliphatic carboxylic acids is 1. The quantitative estimate of drug-likeness (QED) is 0.727. The Morgan fingerprint density at radius 3 is 2.79 bits per heavy atom. The van der Waals surface area contributed by atoms with Crippen LogP contribution in [0.3, 0.4) is 0 Å². The zero-order valence-electron chi connectivity index (χ0n) is 8.21. The van der Waals surface area contributed by atoms with Gasteiger partial charge in [0.25, 0.3) is 0 Å². The molecule has 0 saturated heterocycles. The molecule has 0 spiro atoms. The predicted octanol–water partition coefficient (Wildman–Crippen LogP) is 0.334. The van der Waals surface area contributed by atoms with Crippen molar-refractivity contribution < 1.29 is 9.90 Å². The fourth-order valence-corrected chi connectivity index (χ4v) is 1.01. The van der Waals surface area contributed by atoms with Gasteiger partial charge in [-0.3, -0.25) is 4.79 Å². The molecule has 0 fully saturated rings. The highest BCUT2D eigenvalue weighted by atomic mass is 16.4. The number of hydrogen-bond donors (Lipinski definition) is 2. The third-order valence-electron chi connectivity index (χ3n) is 1.83. The number of rotatable bonds is 4. The fourth-order valence-electron chi connectivity index (χ4n) is 1.01. The van der Waals surface area contributed by atoms with Crippen molar-refractivity contribution in [3.8, 4) is 0 Å². The van der Waals surface area contributed by atoms with E-state index >= 15 is 0 Å². The molecule has 0 aliphatic carbocycles. The molecular weight excluding hydrogens is 184 g/mol. The summed E-state index contributed by atoms with van der Waals surface area (Å²) in [6.45, 7) is 3.92. The fraction of sp³-hybridized carbons (Fsp3) is 0.625. The van der Waals surface area contributed by atoms with Crippen molar-refractivity contribution in [1.29, 1.82) is 0 Å². The van der Waals surface area contributed by atoms with E-state index in [4.69, 9.17) is 10.8 Å². The van der Waals surface area contributed by atoms with Crippen LogP contribution in [0, 0.1) is 0 Å². The van der Waals surface area contributed by atoms with E-state index in [1.807, 2.05) is 13.8 Å². The second-order valence-electron chi connectivity index (χ2n) is 3.42. The number of carboxylic acids is 1. The highest BCUT2D eigenvalue weighted by Crippen LogP contribution is 2.11. The Bertz CT molecular complexity index is 321. The minimum atomic E-state index is -0.934. The van der Waals surface area contributed by atoms with E-state index in [9.17, 15) is 4.79 Å². The summed E-state index contributed by atoms with van der Waals surface area (Å²) in [5.41, 5.74) is 6.13. The van der Waals surface area contributed by atoms with Gasteiger partial charge in [-0.25, -0.2) is 4.68 Å². The molecule has 1 heterocycles. The van der Waals surface area contributed by atoms with Crippen molar-refractivity contribution in [2.45, 2.75) is 32.4 Å². The van der Waals surface area contributed by atoms with E-state index in [-0.39, 0.29) is 12.5 Å². The van der Waals surface area contributed by atoms with E-state index in [0.29, 0.717) is 5.69 Å². The topological polar surface area (TPSA) is 94.0 Å². The molecule has 1 aromatic heterocycles. The van der Waals surface area contributed by atoms with E-state index in [1.54, 1.807) is 10.9 Å². The minimum Gasteiger partial charge on any atom is -0.481 e. The zero-order valence-corrected chi connectivity index (χ0v) is 8.21. The summed E-state index contributed by atoms with van der Waals surface area (Å²) in [6, 6.07) is -0.381. The van der Waals surface area contributed by atoms with Gasteiger partial charge in [-0.1, -0.05) is 5.21 Å². The summed E-state index contributed by atoms with van der Waals surface area (Å²) in [7, 11) is 0. The molecule has 6 heteroatoms.